The lowest BCUT2D eigenvalue weighted by molar-refractivity contribution is -0.119. The number of ketones is 1. The molecule has 1 aliphatic heterocycles. The summed E-state index contributed by atoms with van der Waals surface area (Å²) in [5.74, 6) is 0.782. The van der Waals surface area contributed by atoms with Gasteiger partial charge in [0, 0.05) is 18.4 Å². The first-order chi connectivity index (χ1) is 14.4. The summed E-state index contributed by atoms with van der Waals surface area (Å²) in [4.78, 5) is 13.0. The third-order valence-electron chi connectivity index (χ3n) is 5.52. The molecule has 1 aliphatic carbocycles. The van der Waals surface area contributed by atoms with E-state index in [0.717, 1.165) is 11.1 Å². The average Bonchev–Trinajstić information content (AvgIpc) is 2.71. The van der Waals surface area contributed by atoms with Gasteiger partial charge in [0.2, 0.25) is 5.88 Å². The smallest absolute Gasteiger partial charge is 0.205 e. The zero-order chi connectivity index (χ0) is 21.3. The van der Waals surface area contributed by atoms with E-state index in [4.69, 9.17) is 15.2 Å². The Morgan fingerprint density at radius 2 is 1.93 bits per heavy atom. The number of nitrogens with zero attached hydrogens (tertiary/aromatic N) is 1. The number of nitriles is 1. The number of carbonyl (C=O) groups excluding carboxylic acids is 1. The molecule has 0 fully saturated rings. The van der Waals surface area contributed by atoms with Gasteiger partial charge in [0.15, 0.2) is 5.78 Å². The first-order valence-corrected chi connectivity index (χ1v) is 9.98. The van der Waals surface area contributed by atoms with Crippen LogP contribution in [0.2, 0.25) is 0 Å². The lowest BCUT2D eigenvalue weighted by Crippen LogP contribution is -2.33. The van der Waals surface area contributed by atoms with Gasteiger partial charge in [0.25, 0.3) is 0 Å². The molecule has 152 valence electrons. The highest BCUT2D eigenvalue weighted by molar-refractivity contribution is 6.00. The summed E-state index contributed by atoms with van der Waals surface area (Å²) in [6.07, 6.45) is 1.02. The second kappa shape index (κ2) is 7.72. The maximum Gasteiger partial charge on any atom is 0.205 e. The zero-order valence-electron chi connectivity index (χ0n) is 17.1. The quantitative estimate of drug-likeness (QED) is 0.803. The largest absolute Gasteiger partial charge is 0.489 e. The van der Waals surface area contributed by atoms with Crippen molar-refractivity contribution in [2.24, 2.45) is 11.1 Å². The van der Waals surface area contributed by atoms with Crippen molar-refractivity contribution in [2.45, 2.75) is 39.2 Å². The number of Topliss-reactive ketones (excluding diaryl/α,β-unsaturated/α-hetero) is 1. The normalized spacial score (nSPS) is 20.3. The molecule has 0 saturated heterocycles. The molecule has 0 radical (unpaired) electrons. The molecular weight excluding hydrogens is 376 g/mol. The van der Waals surface area contributed by atoms with Crippen LogP contribution in [-0.2, 0) is 16.1 Å². The number of nitrogens with two attached hydrogens (primary N) is 1. The van der Waals surface area contributed by atoms with Gasteiger partial charge in [0.05, 0.1) is 5.92 Å². The molecule has 30 heavy (non-hydrogen) atoms. The molecule has 1 heterocycles. The van der Waals surface area contributed by atoms with Crippen molar-refractivity contribution < 1.29 is 14.3 Å². The van der Waals surface area contributed by atoms with Crippen molar-refractivity contribution >= 4 is 5.78 Å². The van der Waals surface area contributed by atoms with E-state index in [0.29, 0.717) is 36.5 Å². The van der Waals surface area contributed by atoms with Crippen LogP contribution in [0, 0.1) is 16.7 Å². The number of carbonyl (C=O) groups is 1. The molecule has 1 atom stereocenters. The number of allylic oxidation sites excluding steroid dienone is 3. The van der Waals surface area contributed by atoms with Crippen LogP contribution in [0.5, 0.6) is 5.75 Å². The van der Waals surface area contributed by atoms with Gasteiger partial charge in [-0.1, -0.05) is 56.3 Å². The van der Waals surface area contributed by atoms with Crippen LogP contribution in [0.1, 0.15) is 43.7 Å². The van der Waals surface area contributed by atoms with E-state index in [2.05, 4.69) is 6.07 Å². The standard InChI is InChI=1S/C25H24N2O3/c1-25(2)12-20(28)23-21(13-25)30-24(27)19(14-26)22(23)17-9-6-10-18(11-17)29-15-16-7-4-3-5-8-16/h3-11,22H,12-13,15,27H2,1-2H3/t22-/m1/s1. The fraction of sp³-hybridized carbons (Fsp3) is 0.280. The van der Waals surface area contributed by atoms with Crippen molar-refractivity contribution in [3.63, 3.8) is 0 Å². The minimum Gasteiger partial charge on any atom is -0.489 e. The van der Waals surface area contributed by atoms with Gasteiger partial charge in [-0.3, -0.25) is 4.79 Å². The van der Waals surface area contributed by atoms with Crippen LogP contribution in [-0.4, -0.2) is 5.78 Å². The Balaban J connectivity index is 1.70. The maximum absolute atomic E-state index is 13.0. The highest BCUT2D eigenvalue weighted by Gasteiger charge is 2.42. The van der Waals surface area contributed by atoms with E-state index in [1.54, 1.807) is 0 Å². The molecule has 5 heteroatoms. The van der Waals surface area contributed by atoms with E-state index in [1.807, 2.05) is 68.4 Å². The molecule has 2 N–H and O–H groups in total. The summed E-state index contributed by atoms with van der Waals surface area (Å²) in [6, 6.07) is 19.6. The minimum absolute atomic E-state index is 0.00195. The topological polar surface area (TPSA) is 85.3 Å². The molecule has 2 aromatic rings. The van der Waals surface area contributed by atoms with Crippen LogP contribution in [0.3, 0.4) is 0 Å². The molecule has 2 aromatic carbocycles. The SMILES string of the molecule is CC1(C)CC(=O)C2=C(C1)OC(N)=C(C#N)[C@H]2c1cccc(OCc2ccccc2)c1. The molecule has 5 nitrogen and oxygen atoms in total. The lowest BCUT2D eigenvalue weighted by atomic mass is 9.70. The van der Waals surface area contributed by atoms with E-state index >= 15 is 0 Å². The highest BCUT2D eigenvalue weighted by atomic mass is 16.5. The van der Waals surface area contributed by atoms with E-state index < -0.39 is 5.92 Å². The van der Waals surface area contributed by atoms with Gasteiger partial charge in [-0.25, -0.2) is 0 Å². The Morgan fingerprint density at radius 3 is 2.67 bits per heavy atom. The van der Waals surface area contributed by atoms with Crippen molar-refractivity contribution in [3.05, 3.63) is 88.5 Å². The highest BCUT2D eigenvalue weighted by Crippen LogP contribution is 2.48. The predicted octanol–water partition coefficient (Wildman–Crippen LogP) is 4.72. The van der Waals surface area contributed by atoms with E-state index in [1.165, 1.54) is 0 Å². The van der Waals surface area contributed by atoms with Crippen LogP contribution in [0.4, 0.5) is 0 Å². The Morgan fingerprint density at radius 1 is 1.17 bits per heavy atom. The Bertz CT molecular complexity index is 1090. The van der Waals surface area contributed by atoms with Crippen molar-refractivity contribution in [3.8, 4) is 11.8 Å². The summed E-state index contributed by atoms with van der Waals surface area (Å²) in [6.45, 7) is 4.50. The first kappa shape index (κ1) is 19.8. The molecule has 0 amide bonds. The third kappa shape index (κ3) is 3.81. The molecule has 2 aliphatic rings. The summed E-state index contributed by atoms with van der Waals surface area (Å²) < 4.78 is 11.7. The van der Waals surface area contributed by atoms with Crippen molar-refractivity contribution in [1.82, 2.24) is 0 Å². The molecular formula is C25H24N2O3. The minimum atomic E-state index is -0.539. The van der Waals surface area contributed by atoms with Gasteiger partial charge >= 0.3 is 0 Å². The zero-order valence-corrected chi connectivity index (χ0v) is 17.1. The van der Waals surface area contributed by atoms with Crippen LogP contribution >= 0.6 is 0 Å². The Kier molecular flexibility index (Phi) is 5.09. The molecule has 4 rings (SSSR count). The fourth-order valence-electron chi connectivity index (χ4n) is 4.14. The fourth-order valence-corrected chi connectivity index (χ4v) is 4.14. The Hall–Kier alpha value is -3.52. The van der Waals surface area contributed by atoms with Gasteiger partial charge in [-0.15, -0.1) is 0 Å². The summed E-state index contributed by atoms with van der Waals surface area (Å²) >= 11 is 0. The van der Waals surface area contributed by atoms with Gasteiger partial charge < -0.3 is 15.2 Å². The van der Waals surface area contributed by atoms with Gasteiger partial charge in [-0.05, 0) is 28.7 Å². The second-order valence-corrected chi connectivity index (χ2v) is 8.55. The van der Waals surface area contributed by atoms with Crippen LogP contribution < -0.4 is 10.5 Å². The monoisotopic (exact) mass is 400 g/mol. The van der Waals surface area contributed by atoms with E-state index in [-0.39, 0.29) is 22.7 Å². The summed E-state index contributed by atoms with van der Waals surface area (Å²) in [5, 5.41) is 9.76. The predicted molar refractivity (Wildman–Crippen MR) is 113 cm³/mol. The van der Waals surface area contributed by atoms with Gasteiger partial charge in [0.1, 0.15) is 29.8 Å². The van der Waals surface area contributed by atoms with E-state index in [9.17, 15) is 10.1 Å². The maximum atomic E-state index is 13.0. The third-order valence-corrected chi connectivity index (χ3v) is 5.52. The van der Waals surface area contributed by atoms with Crippen molar-refractivity contribution in [2.75, 3.05) is 0 Å². The lowest BCUT2D eigenvalue weighted by Gasteiger charge is -2.37. The Labute approximate surface area is 176 Å². The van der Waals surface area contributed by atoms with Crippen LogP contribution in [0.15, 0.2) is 77.4 Å². The average molecular weight is 400 g/mol. The van der Waals surface area contributed by atoms with Crippen molar-refractivity contribution in [1.29, 1.82) is 5.26 Å². The molecule has 0 saturated carbocycles. The number of ether oxygens (including phenoxy) is 2. The summed E-state index contributed by atoms with van der Waals surface area (Å²) in [7, 11) is 0. The number of hydrogen-bond donors (Lipinski definition) is 1. The molecule has 0 aromatic heterocycles. The van der Waals surface area contributed by atoms with Crippen LogP contribution in [0.25, 0.3) is 0 Å². The molecule has 0 bridgehead atoms. The molecule has 0 spiro atoms. The number of rotatable bonds is 4. The second-order valence-electron chi connectivity index (χ2n) is 8.55. The summed E-state index contributed by atoms with van der Waals surface area (Å²) in [5.41, 5.74) is 8.55. The van der Waals surface area contributed by atoms with Gasteiger partial charge in [-0.2, -0.15) is 5.26 Å². The number of benzene rings is 2. The number of hydrogen-bond acceptors (Lipinski definition) is 5. The first-order valence-electron chi connectivity index (χ1n) is 9.98. The molecule has 0 unspecified atom stereocenters.